The number of nitrogens with zero attached hydrogens (tertiary/aromatic N) is 1. The number of hydrogen-bond acceptors (Lipinski definition) is 4. The number of nitrogens with one attached hydrogen (secondary N) is 2. The molecule has 1 aromatic carbocycles. The number of halogens is 1. The first-order valence-electron chi connectivity index (χ1n) is 7.44. The van der Waals surface area contributed by atoms with Crippen molar-refractivity contribution >= 4 is 46.1 Å². The zero-order chi connectivity index (χ0) is 18.1. The summed E-state index contributed by atoms with van der Waals surface area (Å²) in [6, 6.07) is 4.93. The summed E-state index contributed by atoms with van der Waals surface area (Å²) in [6.45, 7) is 9.40. The van der Waals surface area contributed by atoms with Gasteiger partial charge < -0.3 is 10.6 Å². The number of aromatic nitrogens is 1. The predicted molar refractivity (Wildman–Crippen MR) is 99.3 cm³/mol. The third kappa shape index (κ3) is 4.33. The highest BCUT2D eigenvalue weighted by atomic mass is 35.5. The Balaban J connectivity index is 2.27. The third-order valence-corrected chi connectivity index (χ3v) is 5.09. The molecule has 2 N–H and O–H groups in total. The summed E-state index contributed by atoms with van der Waals surface area (Å²) < 4.78 is 0. The molecule has 0 aliphatic heterocycles. The molecule has 0 fully saturated rings. The Kier molecular flexibility index (Phi) is 5.30. The lowest BCUT2D eigenvalue weighted by atomic mass is 9.98. The van der Waals surface area contributed by atoms with Crippen molar-refractivity contribution in [2.75, 3.05) is 10.6 Å². The molecule has 128 valence electrons. The predicted octanol–water partition coefficient (Wildman–Crippen LogP) is 4.61. The molecule has 2 rings (SSSR count). The molecule has 2 amide bonds. The molecule has 0 radical (unpaired) electrons. The standard InChI is InChI=1S/C17H20ClN3O2S/c1-9-14(24-16(19-9)17(3,4)5)15(23)21-13-8-11(20-10(2)22)6-7-12(13)18/h6-8H,1-5H3,(H,20,22)(H,21,23). The molecule has 0 aliphatic rings. The van der Waals surface area contributed by atoms with Crippen LogP contribution in [0.5, 0.6) is 0 Å². The molecule has 7 heteroatoms. The van der Waals surface area contributed by atoms with Crippen molar-refractivity contribution in [3.05, 3.63) is 38.8 Å². The Morgan fingerprint density at radius 2 is 1.88 bits per heavy atom. The highest BCUT2D eigenvalue weighted by Crippen LogP contribution is 2.31. The fourth-order valence-corrected chi connectivity index (χ4v) is 3.19. The molecule has 1 heterocycles. The van der Waals surface area contributed by atoms with Crippen LogP contribution < -0.4 is 10.6 Å². The van der Waals surface area contributed by atoms with Crippen LogP contribution in [-0.4, -0.2) is 16.8 Å². The molecule has 0 bridgehead atoms. The van der Waals surface area contributed by atoms with Crippen molar-refractivity contribution in [2.45, 2.75) is 40.0 Å². The number of rotatable bonds is 3. The first kappa shape index (κ1) is 18.4. The van der Waals surface area contributed by atoms with Crippen molar-refractivity contribution in [1.29, 1.82) is 0 Å². The monoisotopic (exact) mass is 365 g/mol. The highest BCUT2D eigenvalue weighted by Gasteiger charge is 2.23. The van der Waals surface area contributed by atoms with E-state index in [1.165, 1.54) is 18.3 Å². The summed E-state index contributed by atoms with van der Waals surface area (Å²) in [5.74, 6) is -0.454. The Labute approximate surface area is 150 Å². The van der Waals surface area contributed by atoms with E-state index < -0.39 is 0 Å². The summed E-state index contributed by atoms with van der Waals surface area (Å²) in [5, 5.41) is 6.76. The van der Waals surface area contributed by atoms with Crippen LogP contribution in [0.15, 0.2) is 18.2 Å². The van der Waals surface area contributed by atoms with Gasteiger partial charge in [-0.05, 0) is 25.1 Å². The summed E-state index contributed by atoms with van der Waals surface area (Å²) in [6.07, 6.45) is 0. The molecule has 0 saturated heterocycles. The molecule has 2 aromatic rings. The smallest absolute Gasteiger partial charge is 0.267 e. The maximum Gasteiger partial charge on any atom is 0.267 e. The maximum atomic E-state index is 12.6. The first-order chi connectivity index (χ1) is 11.1. The van der Waals surface area contributed by atoms with Crippen LogP contribution in [0.1, 0.15) is 48.1 Å². The molecule has 0 saturated carbocycles. The Hall–Kier alpha value is -1.92. The minimum Gasteiger partial charge on any atom is -0.326 e. The van der Waals surface area contributed by atoms with Crippen molar-refractivity contribution < 1.29 is 9.59 Å². The normalized spacial score (nSPS) is 11.2. The molecule has 0 unspecified atom stereocenters. The van der Waals surface area contributed by atoms with E-state index in [1.807, 2.05) is 6.92 Å². The highest BCUT2D eigenvalue weighted by molar-refractivity contribution is 7.14. The molecule has 5 nitrogen and oxygen atoms in total. The lowest BCUT2D eigenvalue weighted by Crippen LogP contribution is -2.13. The van der Waals surface area contributed by atoms with E-state index in [0.717, 1.165) is 5.01 Å². The van der Waals surface area contributed by atoms with Gasteiger partial charge in [-0.3, -0.25) is 9.59 Å². The third-order valence-electron chi connectivity index (χ3n) is 3.18. The van der Waals surface area contributed by atoms with Gasteiger partial charge in [0.2, 0.25) is 5.91 Å². The largest absolute Gasteiger partial charge is 0.326 e. The first-order valence-corrected chi connectivity index (χ1v) is 8.64. The van der Waals surface area contributed by atoms with Crippen molar-refractivity contribution in [2.24, 2.45) is 0 Å². The second-order valence-corrected chi connectivity index (χ2v) is 7.92. The van der Waals surface area contributed by atoms with Crippen molar-refractivity contribution in [3.63, 3.8) is 0 Å². The molecular weight excluding hydrogens is 346 g/mol. The maximum absolute atomic E-state index is 12.6. The van der Waals surface area contributed by atoms with Gasteiger partial charge in [0.15, 0.2) is 0 Å². The number of carbonyl (C=O) groups is 2. The van der Waals surface area contributed by atoms with Gasteiger partial charge in [-0.2, -0.15) is 0 Å². The van der Waals surface area contributed by atoms with Gasteiger partial charge >= 0.3 is 0 Å². The molecule has 0 spiro atoms. The average molecular weight is 366 g/mol. The number of aryl methyl sites for hydroxylation is 1. The van der Waals surface area contributed by atoms with E-state index in [2.05, 4.69) is 36.4 Å². The van der Waals surface area contributed by atoms with Gasteiger partial charge in [-0.15, -0.1) is 11.3 Å². The number of thiazole rings is 1. The summed E-state index contributed by atoms with van der Waals surface area (Å²) in [5.41, 5.74) is 1.59. The second-order valence-electron chi connectivity index (χ2n) is 6.51. The van der Waals surface area contributed by atoms with Gasteiger partial charge in [-0.1, -0.05) is 32.4 Å². The zero-order valence-electron chi connectivity index (χ0n) is 14.3. The lowest BCUT2D eigenvalue weighted by molar-refractivity contribution is -0.114. The van der Waals surface area contributed by atoms with Crippen LogP contribution in [0.4, 0.5) is 11.4 Å². The number of carbonyl (C=O) groups excluding carboxylic acids is 2. The van der Waals surface area contributed by atoms with Crippen LogP contribution >= 0.6 is 22.9 Å². The summed E-state index contributed by atoms with van der Waals surface area (Å²) in [4.78, 5) is 28.8. The van der Waals surface area contributed by atoms with Crippen LogP contribution in [0.3, 0.4) is 0 Å². The summed E-state index contributed by atoms with van der Waals surface area (Å²) in [7, 11) is 0. The minimum absolute atomic E-state index is 0.114. The van der Waals surface area contributed by atoms with Crippen LogP contribution in [0.25, 0.3) is 0 Å². The number of amides is 2. The Morgan fingerprint density at radius 3 is 2.42 bits per heavy atom. The van der Waals surface area contributed by atoms with E-state index in [0.29, 0.717) is 27.0 Å². The average Bonchev–Trinajstić information content (AvgIpc) is 2.84. The fourth-order valence-electron chi connectivity index (χ4n) is 2.01. The van der Waals surface area contributed by atoms with Crippen LogP contribution in [-0.2, 0) is 10.2 Å². The molecule has 0 atom stereocenters. The molecule has 24 heavy (non-hydrogen) atoms. The van der Waals surface area contributed by atoms with Crippen molar-refractivity contribution in [3.8, 4) is 0 Å². The minimum atomic E-state index is -0.262. The number of anilines is 2. The van der Waals surface area contributed by atoms with Crippen molar-refractivity contribution in [1.82, 2.24) is 4.98 Å². The molecule has 1 aromatic heterocycles. The van der Waals surface area contributed by atoms with Crippen LogP contribution in [0, 0.1) is 6.92 Å². The van der Waals surface area contributed by atoms with E-state index in [4.69, 9.17) is 11.6 Å². The van der Waals surface area contributed by atoms with Gasteiger partial charge in [0.05, 0.1) is 21.4 Å². The Morgan fingerprint density at radius 1 is 1.21 bits per heavy atom. The van der Waals surface area contributed by atoms with Gasteiger partial charge in [0, 0.05) is 18.0 Å². The van der Waals surface area contributed by atoms with Gasteiger partial charge in [0.25, 0.3) is 5.91 Å². The fraction of sp³-hybridized carbons (Fsp3) is 0.353. The topological polar surface area (TPSA) is 71.1 Å². The SMILES string of the molecule is CC(=O)Nc1ccc(Cl)c(NC(=O)c2sc(C(C)(C)C)nc2C)c1. The van der Waals surface area contributed by atoms with Crippen LogP contribution in [0.2, 0.25) is 5.02 Å². The summed E-state index contributed by atoms with van der Waals surface area (Å²) >= 11 is 7.52. The Bertz CT molecular complexity index is 794. The second kappa shape index (κ2) is 6.91. The van der Waals surface area contributed by atoms with E-state index in [-0.39, 0.29) is 17.2 Å². The van der Waals surface area contributed by atoms with Gasteiger partial charge in [-0.25, -0.2) is 4.98 Å². The number of benzene rings is 1. The van der Waals surface area contributed by atoms with E-state index in [1.54, 1.807) is 18.2 Å². The van der Waals surface area contributed by atoms with Gasteiger partial charge in [0.1, 0.15) is 4.88 Å². The zero-order valence-corrected chi connectivity index (χ0v) is 15.9. The number of hydrogen-bond donors (Lipinski definition) is 2. The van der Waals surface area contributed by atoms with E-state index >= 15 is 0 Å². The van der Waals surface area contributed by atoms with E-state index in [9.17, 15) is 9.59 Å². The molecule has 0 aliphatic carbocycles. The molecular formula is C17H20ClN3O2S. The quantitative estimate of drug-likeness (QED) is 0.834. The lowest BCUT2D eigenvalue weighted by Gasteiger charge is -2.13.